The van der Waals surface area contributed by atoms with Gasteiger partial charge in [-0.2, -0.15) is 0 Å². The van der Waals surface area contributed by atoms with E-state index in [1.54, 1.807) is 0 Å². The van der Waals surface area contributed by atoms with Crippen LogP contribution in [0.2, 0.25) is 0 Å². The lowest BCUT2D eigenvalue weighted by molar-refractivity contribution is 0.131. The monoisotopic (exact) mass is 482 g/mol. The summed E-state index contributed by atoms with van der Waals surface area (Å²) < 4.78 is 5.56. The van der Waals surface area contributed by atoms with Crippen LogP contribution in [0.5, 0.6) is 0 Å². The van der Waals surface area contributed by atoms with E-state index in [1.807, 2.05) is 0 Å². The molecule has 0 aromatic rings. The number of ether oxygens (including phenoxy) is 1. The lowest BCUT2D eigenvalue weighted by Gasteiger charge is -2.31. The van der Waals surface area contributed by atoms with E-state index in [4.69, 9.17) is 9.73 Å². The SMILES string of the molecule is CCNC(=NCC1(CCO)CCOC1)NCCN(C)C1CCCCC1.I. The molecule has 3 N–H and O–H groups in total. The standard InChI is InChI=1S/C19H38N4O2.HI/c1-3-20-18(22-15-19(9-13-24)10-14-25-16-19)21-11-12-23(2)17-7-5-4-6-8-17;/h17,24H,3-16H2,1-2H3,(H2,20,21,22);1H. The summed E-state index contributed by atoms with van der Waals surface area (Å²) in [4.78, 5) is 7.27. The van der Waals surface area contributed by atoms with Crippen molar-refractivity contribution in [3.8, 4) is 0 Å². The number of hydrogen-bond donors (Lipinski definition) is 3. The van der Waals surface area contributed by atoms with E-state index in [9.17, 15) is 5.11 Å². The molecule has 2 aliphatic rings. The van der Waals surface area contributed by atoms with E-state index in [-0.39, 0.29) is 36.0 Å². The Hall–Kier alpha value is -0.120. The summed E-state index contributed by atoms with van der Waals surface area (Å²) in [5.74, 6) is 0.878. The number of hydrogen-bond acceptors (Lipinski definition) is 4. The number of guanidine groups is 1. The topological polar surface area (TPSA) is 69.1 Å². The van der Waals surface area contributed by atoms with Gasteiger partial charge in [0.05, 0.1) is 13.2 Å². The van der Waals surface area contributed by atoms with Gasteiger partial charge in [-0.05, 0) is 39.7 Å². The summed E-state index contributed by atoms with van der Waals surface area (Å²) >= 11 is 0. The van der Waals surface area contributed by atoms with Gasteiger partial charge in [-0.25, -0.2) is 0 Å². The molecule has 0 aromatic heterocycles. The van der Waals surface area contributed by atoms with Gasteiger partial charge in [0.25, 0.3) is 0 Å². The van der Waals surface area contributed by atoms with Crippen LogP contribution < -0.4 is 10.6 Å². The van der Waals surface area contributed by atoms with Crippen LogP contribution in [0.15, 0.2) is 4.99 Å². The van der Waals surface area contributed by atoms with Crippen molar-refractivity contribution in [2.45, 2.75) is 57.9 Å². The first-order valence-corrected chi connectivity index (χ1v) is 10.1. The molecular weight excluding hydrogens is 443 g/mol. The molecule has 26 heavy (non-hydrogen) atoms. The molecule has 1 saturated carbocycles. The molecule has 2 fully saturated rings. The zero-order valence-corrected chi connectivity index (χ0v) is 19.0. The molecule has 0 radical (unpaired) electrons. The number of aliphatic hydroxyl groups excluding tert-OH is 1. The fourth-order valence-corrected chi connectivity index (χ4v) is 3.93. The smallest absolute Gasteiger partial charge is 0.191 e. The van der Waals surface area contributed by atoms with Crippen LogP contribution >= 0.6 is 24.0 Å². The molecule has 1 aliphatic carbocycles. The number of nitrogens with one attached hydrogen (secondary N) is 2. The minimum atomic E-state index is 0. The van der Waals surface area contributed by atoms with Gasteiger partial charge in [-0.1, -0.05) is 19.3 Å². The molecule has 1 saturated heterocycles. The number of rotatable bonds is 9. The van der Waals surface area contributed by atoms with E-state index in [0.29, 0.717) is 13.2 Å². The number of aliphatic imine (C=N–C) groups is 1. The summed E-state index contributed by atoms with van der Waals surface area (Å²) in [6, 6.07) is 0.749. The van der Waals surface area contributed by atoms with Crippen molar-refractivity contribution < 1.29 is 9.84 Å². The van der Waals surface area contributed by atoms with E-state index in [0.717, 1.165) is 51.1 Å². The van der Waals surface area contributed by atoms with Crippen molar-refractivity contribution in [3.05, 3.63) is 0 Å². The molecule has 6 nitrogen and oxygen atoms in total. The van der Waals surface area contributed by atoms with Gasteiger partial charge in [0.1, 0.15) is 0 Å². The average Bonchev–Trinajstić information content (AvgIpc) is 3.09. The highest BCUT2D eigenvalue weighted by Gasteiger charge is 2.34. The Labute approximate surface area is 176 Å². The second kappa shape index (κ2) is 13.1. The third kappa shape index (κ3) is 7.86. The molecule has 2 rings (SSSR count). The predicted octanol–water partition coefficient (Wildman–Crippen LogP) is 2.21. The van der Waals surface area contributed by atoms with Crippen molar-refractivity contribution in [2.75, 3.05) is 53.0 Å². The molecule has 1 heterocycles. The maximum absolute atomic E-state index is 9.35. The van der Waals surface area contributed by atoms with Crippen molar-refractivity contribution in [3.63, 3.8) is 0 Å². The van der Waals surface area contributed by atoms with E-state index < -0.39 is 0 Å². The molecule has 154 valence electrons. The van der Waals surface area contributed by atoms with Crippen molar-refractivity contribution in [1.82, 2.24) is 15.5 Å². The predicted molar refractivity (Wildman–Crippen MR) is 118 cm³/mol. The van der Waals surface area contributed by atoms with Gasteiger partial charge in [0.2, 0.25) is 0 Å². The van der Waals surface area contributed by atoms with Crippen molar-refractivity contribution >= 4 is 29.9 Å². The molecule has 7 heteroatoms. The largest absolute Gasteiger partial charge is 0.396 e. The summed E-state index contributed by atoms with van der Waals surface area (Å²) in [5, 5.41) is 16.2. The highest BCUT2D eigenvalue weighted by atomic mass is 127. The fourth-order valence-electron chi connectivity index (χ4n) is 3.93. The Bertz CT molecular complexity index is 397. The molecule has 0 aromatic carbocycles. The Morgan fingerprint density at radius 3 is 2.65 bits per heavy atom. The normalized spacial score (nSPS) is 24.5. The molecule has 1 unspecified atom stereocenters. The van der Waals surface area contributed by atoms with Gasteiger partial charge < -0.3 is 25.4 Å². The Morgan fingerprint density at radius 2 is 2.04 bits per heavy atom. The van der Waals surface area contributed by atoms with Crippen LogP contribution in [0, 0.1) is 5.41 Å². The second-order valence-corrected chi connectivity index (χ2v) is 7.67. The number of nitrogens with zero attached hydrogens (tertiary/aromatic N) is 2. The summed E-state index contributed by atoms with van der Waals surface area (Å²) in [6.45, 7) is 7.30. The quantitative estimate of drug-likeness (QED) is 0.267. The molecule has 0 amide bonds. The molecular formula is C19H39IN4O2. The third-order valence-electron chi connectivity index (χ3n) is 5.70. The minimum Gasteiger partial charge on any atom is -0.396 e. The highest BCUT2D eigenvalue weighted by Crippen LogP contribution is 2.32. The maximum Gasteiger partial charge on any atom is 0.191 e. The van der Waals surface area contributed by atoms with Crippen LogP contribution in [0.4, 0.5) is 0 Å². The van der Waals surface area contributed by atoms with Crippen LogP contribution in [-0.2, 0) is 4.74 Å². The van der Waals surface area contributed by atoms with Crippen LogP contribution in [0.3, 0.4) is 0 Å². The lowest BCUT2D eigenvalue weighted by atomic mass is 9.84. The van der Waals surface area contributed by atoms with Crippen molar-refractivity contribution in [2.24, 2.45) is 10.4 Å². The number of aliphatic hydroxyl groups is 1. The van der Waals surface area contributed by atoms with E-state index >= 15 is 0 Å². The van der Waals surface area contributed by atoms with E-state index in [2.05, 4.69) is 29.5 Å². The van der Waals surface area contributed by atoms with Gasteiger partial charge in [-0.15, -0.1) is 24.0 Å². The highest BCUT2D eigenvalue weighted by molar-refractivity contribution is 14.0. The van der Waals surface area contributed by atoms with Crippen LogP contribution in [0.1, 0.15) is 51.9 Å². The Balaban J connectivity index is 0.00000338. The maximum atomic E-state index is 9.35. The minimum absolute atomic E-state index is 0. The zero-order chi connectivity index (χ0) is 18.0. The summed E-state index contributed by atoms with van der Waals surface area (Å²) in [6.07, 6.45) is 8.59. The van der Waals surface area contributed by atoms with Gasteiger partial charge in [0.15, 0.2) is 5.96 Å². The summed E-state index contributed by atoms with van der Waals surface area (Å²) in [5.41, 5.74) is 0.00991. The first kappa shape index (κ1) is 23.9. The molecule has 0 spiro atoms. The first-order valence-electron chi connectivity index (χ1n) is 10.1. The molecule has 0 bridgehead atoms. The average molecular weight is 482 g/mol. The molecule has 1 atom stereocenters. The van der Waals surface area contributed by atoms with Gasteiger partial charge in [-0.3, -0.25) is 4.99 Å². The first-order chi connectivity index (χ1) is 12.2. The van der Waals surface area contributed by atoms with Gasteiger partial charge >= 0.3 is 0 Å². The third-order valence-corrected chi connectivity index (χ3v) is 5.70. The van der Waals surface area contributed by atoms with Crippen LogP contribution in [0.25, 0.3) is 0 Å². The summed E-state index contributed by atoms with van der Waals surface area (Å²) in [7, 11) is 2.24. The Morgan fingerprint density at radius 1 is 1.27 bits per heavy atom. The van der Waals surface area contributed by atoms with E-state index in [1.165, 1.54) is 32.1 Å². The van der Waals surface area contributed by atoms with Crippen molar-refractivity contribution in [1.29, 1.82) is 0 Å². The fraction of sp³-hybridized carbons (Fsp3) is 0.947. The number of halogens is 1. The van der Waals surface area contributed by atoms with Crippen LogP contribution in [-0.4, -0.2) is 75.1 Å². The lowest BCUT2D eigenvalue weighted by Crippen LogP contribution is -2.44. The zero-order valence-electron chi connectivity index (χ0n) is 16.6. The van der Waals surface area contributed by atoms with Gasteiger partial charge in [0, 0.05) is 44.3 Å². The Kier molecular flexibility index (Phi) is 12.1. The number of likely N-dealkylation sites (N-methyl/N-ethyl adjacent to an activating group) is 1. The second-order valence-electron chi connectivity index (χ2n) is 7.67. The molecule has 1 aliphatic heterocycles.